The summed E-state index contributed by atoms with van der Waals surface area (Å²) in [5, 5.41) is 9.99. The van der Waals surface area contributed by atoms with E-state index in [9.17, 15) is 5.11 Å². The number of ether oxygens (including phenoxy) is 2. The Morgan fingerprint density at radius 2 is 1.81 bits per heavy atom. The zero-order chi connectivity index (χ0) is 12.3. The van der Waals surface area contributed by atoms with Crippen LogP contribution in [-0.4, -0.2) is 18.3 Å². The van der Waals surface area contributed by atoms with Crippen molar-refractivity contribution in [3.05, 3.63) is 22.7 Å². The van der Waals surface area contributed by atoms with Gasteiger partial charge in [0.1, 0.15) is 0 Å². The third-order valence-corrected chi connectivity index (χ3v) is 2.42. The predicted octanol–water partition coefficient (Wildman–Crippen LogP) is 3.19. The summed E-state index contributed by atoms with van der Waals surface area (Å²) in [6.07, 6.45) is -0.586. The fourth-order valence-electron chi connectivity index (χ4n) is 1.38. The molecule has 0 spiro atoms. The summed E-state index contributed by atoms with van der Waals surface area (Å²) in [6.45, 7) is 5.51. The number of aliphatic hydroxyl groups is 1. The van der Waals surface area contributed by atoms with Crippen molar-refractivity contribution < 1.29 is 14.6 Å². The Kier molecular flexibility index (Phi) is 4.44. The van der Waals surface area contributed by atoms with E-state index in [2.05, 4.69) is 0 Å². The van der Waals surface area contributed by atoms with Gasteiger partial charge in [0, 0.05) is 11.6 Å². The maximum Gasteiger partial charge on any atom is 0.163 e. The Hall–Kier alpha value is -0.930. The quantitative estimate of drug-likeness (QED) is 0.884. The molecule has 4 heteroatoms. The second kappa shape index (κ2) is 5.41. The van der Waals surface area contributed by atoms with Gasteiger partial charge in [0.15, 0.2) is 11.5 Å². The van der Waals surface area contributed by atoms with Crippen LogP contribution >= 0.6 is 11.6 Å². The third-order valence-electron chi connectivity index (χ3n) is 2.10. The number of benzene rings is 1. The van der Waals surface area contributed by atoms with Gasteiger partial charge in [-0.15, -0.1) is 0 Å². The second-order valence-corrected chi connectivity index (χ2v) is 4.27. The number of hydrogen-bond acceptors (Lipinski definition) is 3. The molecule has 0 aliphatic heterocycles. The van der Waals surface area contributed by atoms with Crippen LogP contribution in [0.15, 0.2) is 12.1 Å². The van der Waals surface area contributed by atoms with Crippen molar-refractivity contribution in [2.24, 2.45) is 0 Å². The summed E-state index contributed by atoms with van der Waals surface area (Å²) < 4.78 is 10.8. The Morgan fingerprint density at radius 3 is 2.25 bits per heavy atom. The van der Waals surface area contributed by atoms with E-state index in [0.717, 1.165) is 0 Å². The molecule has 1 atom stereocenters. The lowest BCUT2D eigenvalue weighted by Gasteiger charge is -2.16. The molecular weight excluding hydrogens is 228 g/mol. The number of hydrogen-bond donors (Lipinski definition) is 1. The van der Waals surface area contributed by atoms with E-state index in [1.807, 2.05) is 13.8 Å². The van der Waals surface area contributed by atoms with Crippen LogP contribution in [0, 0.1) is 0 Å². The molecule has 0 fully saturated rings. The van der Waals surface area contributed by atoms with E-state index in [1.165, 1.54) is 0 Å². The summed E-state index contributed by atoms with van der Waals surface area (Å²) in [7, 11) is 1.56. The molecule has 0 amide bonds. The molecule has 3 nitrogen and oxygen atoms in total. The molecule has 90 valence electrons. The van der Waals surface area contributed by atoms with Crippen molar-refractivity contribution in [2.45, 2.75) is 33.0 Å². The molecule has 0 heterocycles. The van der Waals surface area contributed by atoms with Crippen LogP contribution < -0.4 is 9.47 Å². The Balaban J connectivity index is 3.15. The minimum atomic E-state index is -0.630. The van der Waals surface area contributed by atoms with Crippen LogP contribution in [0.3, 0.4) is 0 Å². The monoisotopic (exact) mass is 244 g/mol. The van der Waals surface area contributed by atoms with Crippen LogP contribution in [0.5, 0.6) is 11.5 Å². The van der Waals surface area contributed by atoms with Gasteiger partial charge in [-0.05, 0) is 26.8 Å². The first-order valence-corrected chi connectivity index (χ1v) is 5.55. The topological polar surface area (TPSA) is 38.7 Å². The fourth-order valence-corrected chi connectivity index (χ4v) is 1.69. The standard InChI is InChI=1S/C12H17ClO3/c1-7(2)16-12-6-10(13)9(8(3)14)5-11(12)15-4/h5-8,14H,1-4H3. The van der Waals surface area contributed by atoms with Gasteiger partial charge in [0.2, 0.25) is 0 Å². The van der Waals surface area contributed by atoms with Crippen LogP contribution in [-0.2, 0) is 0 Å². The molecule has 0 bridgehead atoms. The van der Waals surface area contributed by atoms with Crippen molar-refractivity contribution in [1.29, 1.82) is 0 Å². The molecule has 1 unspecified atom stereocenters. The lowest BCUT2D eigenvalue weighted by Crippen LogP contribution is -2.07. The fraction of sp³-hybridized carbons (Fsp3) is 0.500. The van der Waals surface area contributed by atoms with Crippen molar-refractivity contribution in [3.8, 4) is 11.5 Å². The normalized spacial score (nSPS) is 12.7. The Morgan fingerprint density at radius 1 is 1.19 bits per heavy atom. The van der Waals surface area contributed by atoms with E-state index in [0.29, 0.717) is 22.1 Å². The average molecular weight is 245 g/mol. The smallest absolute Gasteiger partial charge is 0.163 e. The van der Waals surface area contributed by atoms with Gasteiger partial charge in [-0.2, -0.15) is 0 Å². The molecule has 0 aliphatic carbocycles. The first-order chi connectivity index (χ1) is 7.45. The molecule has 16 heavy (non-hydrogen) atoms. The summed E-state index contributed by atoms with van der Waals surface area (Å²) in [4.78, 5) is 0. The highest BCUT2D eigenvalue weighted by Gasteiger charge is 2.14. The molecular formula is C12H17ClO3. The molecule has 0 radical (unpaired) electrons. The molecule has 0 aromatic heterocycles. The lowest BCUT2D eigenvalue weighted by atomic mass is 10.1. The summed E-state index contributed by atoms with van der Waals surface area (Å²) in [5.41, 5.74) is 0.634. The van der Waals surface area contributed by atoms with E-state index >= 15 is 0 Å². The largest absolute Gasteiger partial charge is 0.493 e. The molecule has 0 aliphatic rings. The predicted molar refractivity (Wildman–Crippen MR) is 64.4 cm³/mol. The minimum absolute atomic E-state index is 0.0439. The first-order valence-electron chi connectivity index (χ1n) is 5.17. The third kappa shape index (κ3) is 3.03. The number of halogens is 1. The highest BCUT2D eigenvalue weighted by Crippen LogP contribution is 2.36. The molecule has 1 aromatic rings. The Labute approximate surface area is 101 Å². The second-order valence-electron chi connectivity index (χ2n) is 3.87. The maximum atomic E-state index is 9.52. The van der Waals surface area contributed by atoms with Gasteiger partial charge in [-0.3, -0.25) is 0 Å². The van der Waals surface area contributed by atoms with Gasteiger partial charge in [-0.25, -0.2) is 0 Å². The number of methoxy groups -OCH3 is 1. The molecule has 0 saturated carbocycles. The van der Waals surface area contributed by atoms with Crippen LogP contribution in [0.25, 0.3) is 0 Å². The number of aliphatic hydroxyl groups excluding tert-OH is 1. The first kappa shape index (κ1) is 13.1. The van der Waals surface area contributed by atoms with Gasteiger partial charge in [-0.1, -0.05) is 11.6 Å². The Bertz CT molecular complexity index is 362. The van der Waals surface area contributed by atoms with E-state index < -0.39 is 6.10 Å². The van der Waals surface area contributed by atoms with Gasteiger partial charge in [0.25, 0.3) is 0 Å². The maximum absolute atomic E-state index is 9.52. The number of rotatable bonds is 4. The highest BCUT2D eigenvalue weighted by molar-refractivity contribution is 6.31. The van der Waals surface area contributed by atoms with E-state index in [-0.39, 0.29) is 6.10 Å². The SMILES string of the molecule is COc1cc(C(C)O)c(Cl)cc1OC(C)C. The van der Waals surface area contributed by atoms with Crippen molar-refractivity contribution in [3.63, 3.8) is 0 Å². The minimum Gasteiger partial charge on any atom is -0.493 e. The van der Waals surface area contributed by atoms with Crippen molar-refractivity contribution >= 4 is 11.6 Å². The van der Waals surface area contributed by atoms with Crippen molar-refractivity contribution in [2.75, 3.05) is 7.11 Å². The lowest BCUT2D eigenvalue weighted by molar-refractivity contribution is 0.197. The average Bonchev–Trinajstić information content (AvgIpc) is 2.16. The summed E-state index contributed by atoms with van der Waals surface area (Å²) in [5.74, 6) is 1.17. The van der Waals surface area contributed by atoms with Gasteiger partial charge in [0.05, 0.1) is 24.3 Å². The van der Waals surface area contributed by atoms with Gasteiger partial charge < -0.3 is 14.6 Å². The van der Waals surface area contributed by atoms with Crippen molar-refractivity contribution in [1.82, 2.24) is 0 Å². The summed E-state index contributed by atoms with van der Waals surface area (Å²) in [6, 6.07) is 3.37. The van der Waals surface area contributed by atoms with Crippen LogP contribution in [0.2, 0.25) is 5.02 Å². The summed E-state index contributed by atoms with van der Waals surface area (Å²) >= 11 is 6.04. The zero-order valence-corrected chi connectivity index (χ0v) is 10.7. The van der Waals surface area contributed by atoms with E-state index in [1.54, 1.807) is 26.2 Å². The van der Waals surface area contributed by atoms with Crippen LogP contribution in [0.1, 0.15) is 32.4 Å². The molecule has 1 rings (SSSR count). The van der Waals surface area contributed by atoms with Gasteiger partial charge >= 0.3 is 0 Å². The van der Waals surface area contributed by atoms with Crippen LogP contribution in [0.4, 0.5) is 0 Å². The highest BCUT2D eigenvalue weighted by atomic mass is 35.5. The molecule has 1 aromatic carbocycles. The molecule has 1 N–H and O–H groups in total. The molecule has 0 saturated heterocycles. The van der Waals surface area contributed by atoms with E-state index in [4.69, 9.17) is 21.1 Å². The zero-order valence-electron chi connectivity index (χ0n) is 9.95.